The molecule has 1 aliphatic rings. The molecule has 0 radical (unpaired) electrons. The van der Waals surface area contributed by atoms with Crippen molar-refractivity contribution in [2.75, 3.05) is 6.54 Å². The zero-order chi connectivity index (χ0) is 9.26. The second-order valence-electron chi connectivity index (χ2n) is 3.58. The maximum Gasteiger partial charge on any atom is 0.0208 e. The monoisotopic (exact) mass is 275 g/mol. The number of fused-ring (bicyclic) bond motifs is 1. The summed E-state index contributed by atoms with van der Waals surface area (Å²) in [6.07, 6.45) is 1.22. The summed E-state index contributed by atoms with van der Waals surface area (Å²) in [6, 6.07) is 6.61. The van der Waals surface area contributed by atoms with Crippen LogP contribution in [-0.2, 0) is 6.54 Å². The molecule has 0 fully saturated rings. The van der Waals surface area contributed by atoms with Gasteiger partial charge in [-0.05, 0) is 35.6 Å². The first-order chi connectivity index (χ1) is 6.31. The van der Waals surface area contributed by atoms with Crippen molar-refractivity contribution >= 4 is 28.3 Å². The smallest absolute Gasteiger partial charge is 0.0208 e. The Bertz CT molecular complexity index is 314. The molecule has 2 rings (SSSR count). The van der Waals surface area contributed by atoms with E-state index in [1.54, 1.807) is 0 Å². The van der Waals surface area contributed by atoms with Gasteiger partial charge >= 0.3 is 0 Å². The van der Waals surface area contributed by atoms with Crippen LogP contribution >= 0.6 is 28.3 Å². The highest BCUT2D eigenvalue weighted by atomic mass is 79.9. The Morgan fingerprint density at radius 2 is 2.29 bits per heavy atom. The molecule has 1 aromatic rings. The van der Waals surface area contributed by atoms with E-state index < -0.39 is 0 Å². The standard InChI is InChI=1S/C11H14BrN.ClH/c1-2-8-6-13-7-9-3-4-10(12)5-11(8)9;/h3-5,8,13H,2,6-7H2,1H3;1H. The molecular formula is C11H15BrClN. The van der Waals surface area contributed by atoms with E-state index in [1.807, 2.05) is 0 Å². The van der Waals surface area contributed by atoms with Crippen LogP contribution in [0.3, 0.4) is 0 Å². The topological polar surface area (TPSA) is 12.0 Å². The van der Waals surface area contributed by atoms with Crippen LogP contribution in [0.5, 0.6) is 0 Å². The van der Waals surface area contributed by atoms with Crippen LogP contribution in [-0.4, -0.2) is 6.54 Å². The van der Waals surface area contributed by atoms with Crippen LogP contribution in [0.25, 0.3) is 0 Å². The average Bonchev–Trinajstić information content (AvgIpc) is 2.17. The second kappa shape index (κ2) is 5.15. The second-order valence-corrected chi connectivity index (χ2v) is 4.49. The third-order valence-corrected chi connectivity index (χ3v) is 3.24. The van der Waals surface area contributed by atoms with E-state index in [9.17, 15) is 0 Å². The Labute approximate surface area is 99.8 Å². The lowest BCUT2D eigenvalue weighted by atomic mass is 9.89. The minimum absolute atomic E-state index is 0. The lowest BCUT2D eigenvalue weighted by Crippen LogP contribution is -2.27. The van der Waals surface area contributed by atoms with Crippen LogP contribution in [0.15, 0.2) is 22.7 Å². The maximum absolute atomic E-state index is 3.53. The van der Waals surface area contributed by atoms with E-state index in [-0.39, 0.29) is 12.4 Å². The predicted octanol–water partition coefficient (Wildman–Crippen LogP) is 3.47. The Hall–Kier alpha value is -0.0500. The number of benzene rings is 1. The minimum atomic E-state index is 0. The van der Waals surface area contributed by atoms with Gasteiger partial charge in [-0.1, -0.05) is 28.9 Å². The molecule has 0 saturated heterocycles. The molecule has 1 heterocycles. The molecule has 0 amide bonds. The summed E-state index contributed by atoms with van der Waals surface area (Å²) in [5.41, 5.74) is 2.98. The van der Waals surface area contributed by atoms with Gasteiger partial charge < -0.3 is 5.32 Å². The summed E-state index contributed by atoms with van der Waals surface area (Å²) in [4.78, 5) is 0. The third kappa shape index (κ3) is 2.30. The van der Waals surface area contributed by atoms with Crippen LogP contribution < -0.4 is 5.32 Å². The molecule has 0 aliphatic carbocycles. The van der Waals surface area contributed by atoms with Gasteiger partial charge in [-0.2, -0.15) is 0 Å². The fourth-order valence-electron chi connectivity index (χ4n) is 1.96. The van der Waals surface area contributed by atoms with Gasteiger partial charge in [0.25, 0.3) is 0 Å². The van der Waals surface area contributed by atoms with Gasteiger partial charge in [-0.3, -0.25) is 0 Å². The molecule has 78 valence electrons. The number of hydrogen-bond donors (Lipinski definition) is 1. The van der Waals surface area contributed by atoms with E-state index in [0.717, 1.165) is 13.1 Å². The van der Waals surface area contributed by atoms with Crippen LogP contribution in [0, 0.1) is 0 Å². The van der Waals surface area contributed by atoms with Gasteiger partial charge in [-0.15, -0.1) is 12.4 Å². The maximum atomic E-state index is 3.53. The summed E-state index contributed by atoms with van der Waals surface area (Å²) >= 11 is 3.53. The fraction of sp³-hybridized carbons (Fsp3) is 0.455. The molecule has 1 N–H and O–H groups in total. The van der Waals surface area contributed by atoms with Crippen molar-refractivity contribution in [2.45, 2.75) is 25.8 Å². The highest BCUT2D eigenvalue weighted by Crippen LogP contribution is 2.28. The van der Waals surface area contributed by atoms with E-state index in [2.05, 4.69) is 46.4 Å². The zero-order valence-electron chi connectivity index (χ0n) is 8.22. The lowest BCUT2D eigenvalue weighted by Gasteiger charge is -2.25. The first-order valence-electron chi connectivity index (χ1n) is 4.80. The molecule has 3 heteroatoms. The number of rotatable bonds is 1. The van der Waals surface area contributed by atoms with Gasteiger partial charge in [0, 0.05) is 17.6 Å². The summed E-state index contributed by atoms with van der Waals surface area (Å²) in [5.74, 6) is 0.696. The van der Waals surface area contributed by atoms with E-state index >= 15 is 0 Å². The van der Waals surface area contributed by atoms with Crippen molar-refractivity contribution in [3.63, 3.8) is 0 Å². The zero-order valence-corrected chi connectivity index (χ0v) is 10.6. The highest BCUT2D eigenvalue weighted by molar-refractivity contribution is 9.10. The van der Waals surface area contributed by atoms with Crippen LogP contribution in [0.2, 0.25) is 0 Å². The van der Waals surface area contributed by atoms with Crippen molar-refractivity contribution in [2.24, 2.45) is 0 Å². The minimum Gasteiger partial charge on any atom is -0.312 e. The van der Waals surface area contributed by atoms with Crippen molar-refractivity contribution < 1.29 is 0 Å². The number of nitrogens with one attached hydrogen (secondary N) is 1. The molecule has 1 nitrogen and oxygen atoms in total. The molecule has 0 aromatic heterocycles. The SMILES string of the molecule is CCC1CNCc2ccc(Br)cc21.Cl. The molecule has 14 heavy (non-hydrogen) atoms. The van der Waals surface area contributed by atoms with E-state index in [4.69, 9.17) is 0 Å². The number of halogens is 2. The molecule has 0 spiro atoms. The summed E-state index contributed by atoms with van der Waals surface area (Å²) < 4.78 is 1.20. The Balaban J connectivity index is 0.000000980. The Morgan fingerprint density at radius 3 is 3.00 bits per heavy atom. The fourth-order valence-corrected chi connectivity index (χ4v) is 2.34. The molecule has 0 saturated carbocycles. The third-order valence-electron chi connectivity index (χ3n) is 2.75. The molecule has 1 aromatic carbocycles. The van der Waals surface area contributed by atoms with Gasteiger partial charge in [-0.25, -0.2) is 0 Å². The van der Waals surface area contributed by atoms with E-state index in [0.29, 0.717) is 5.92 Å². The van der Waals surface area contributed by atoms with Crippen LogP contribution in [0.4, 0.5) is 0 Å². The highest BCUT2D eigenvalue weighted by Gasteiger charge is 2.17. The normalized spacial score (nSPS) is 19.7. The number of hydrogen-bond acceptors (Lipinski definition) is 1. The summed E-state index contributed by atoms with van der Waals surface area (Å²) in [7, 11) is 0. The average molecular weight is 277 g/mol. The molecule has 1 atom stereocenters. The van der Waals surface area contributed by atoms with Gasteiger partial charge in [0.2, 0.25) is 0 Å². The molecular weight excluding hydrogens is 261 g/mol. The van der Waals surface area contributed by atoms with Gasteiger partial charge in [0.05, 0.1) is 0 Å². The predicted molar refractivity (Wildman–Crippen MR) is 66.1 cm³/mol. The first kappa shape index (κ1) is 12.0. The van der Waals surface area contributed by atoms with Crippen molar-refractivity contribution in [3.8, 4) is 0 Å². The lowest BCUT2D eigenvalue weighted by molar-refractivity contribution is 0.530. The van der Waals surface area contributed by atoms with Crippen LogP contribution in [0.1, 0.15) is 30.4 Å². The molecule has 0 bridgehead atoms. The quantitative estimate of drug-likeness (QED) is 0.828. The van der Waals surface area contributed by atoms with Crippen molar-refractivity contribution in [1.82, 2.24) is 5.32 Å². The first-order valence-corrected chi connectivity index (χ1v) is 5.59. The van der Waals surface area contributed by atoms with Crippen molar-refractivity contribution in [1.29, 1.82) is 0 Å². The van der Waals surface area contributed by atoms with Gasteiger partial charge in [0.1, 0.15) is 0 Å². The molecule has 1 unspecified atom stereocenters. The largest absolute Gasteiger partial charge is 0.312 e. The van der Waals surface area contributed by atoms with Crippen molar-refractivity contribution in [3.05, 3.63) is 33.8 Å². The molecule has 1 aliphatic heterocycles. The Morgan fingerprint density at radius 1 is 1.50 bits per heavy atom. The Kier molecular flexibility index (Phi) is 4.42. The summed E-state index contributed by atoms with van der Waals surface area (Å²) in [5, 5.41) is 3.45. The van der Waals surface area contributed by atoms with E-state index in [1.165, 1.54) is 22.0 Å². The summed E-state index contributed by atoms with van der Waals surface area (Å²) in [6.45, 7) is 4.40. The van der Waals surface area contributed by atoms with Gasteiger partial charge in [0.15, 0.2) is 0 Å².